The van der Waals surface area contributed by atoms with Gasteiger partial charge >= 0.3 is 0 Å². The highest BCUT2D eigenvalue weighted by Crippen LogP contribution is 2.60. The molecule has 1 aliphatic carbocycles. The molecule has 5 heterocycles. The average molecular weight is 712 g/mol. The number of hydrogen-bond acceptors (Lipinski definition) is 8. The van der Waals surface area contributed by atoms with Gasteiger partial charge in [-0.1, -0.05) is 24.3 Å². The number of carbonyl (C=O) groups excluding carboxylic acids is 3. The van der Waals surface area contributed by atoms with Gasteiger partial charge in [-0.2, -0.15) is 5.10 Å². The summed E-state index contributed by atoms with van der Waals surface area (Å²) < 4.78 is 2.23. The van der Waals surface area contributed by atoms with Crippen LogP contribution < -0.4 is 5.32 Å². The molecule has 12 heteroatoms. The van der Waals surface area contributed by atoms with Crippen molar-refractivity contribution >= 4 is 50.2 Å². The third-order valence-electron chi connectivity index (χ3n) is 9.93. The Kier molecular flexibility index (Phi) is 8.71. The Morgan fingerprint density at radius 3 is 2.67 bits per heavy atom. The summed E-state index contributed by atoms with van der Waals surface area (Å²) in [6, 6.07) is 8.86. The third kappa shape index (κ3) is 6.30. The Labute approximate surface area is 288 Å². The molecule has 2 fully saturated rings. The van der Waals surface area contributed by atoms with Crippen LogP contribution in [-0.4, -0.2) is 84.4 Å². The van der Waals surface area contributed by atoms with Gasteiger partial charge in [-0.15, -0.1) is 0 Å². The highest BCUT2D eigenvalue weighted by atomic mass is 79.9. The topological polar surface area (TPSA) is 126 Å². The van der Waals surface area contributed by atoms with Crippen LogP contribution in [0.5, 0.6) is 0 Å². The molecule has 0 radical (unpaired) electrons. The first-order valence-electron chi connectivity index (χ1n) is 16.5. The van der Waals surface area contributed by atoms with Crippen LogP contribution in [0.2, 0.25) is 0 Å². The maximum absolute atomic E-state index is 14.3. The maximum Gasteiger partial charge on any atom is 0.248 e. The van der Waals surface area contributed by atoms with Crippen LogP contribution in [-0.2, 0) is 22.6 Å². The van der Waals surface area contributed by atoms with Gasteiger partial charge in [-0.05, 0) is 104 Å². The fourth-order valence-electron chi connectivity index (χ4n) is 7.46. The molecular formula is C36H39BrN8O3. The van der Waals surface area contributed by atoms with E-state index in [-0.39, 0.29) is 35.6 Å². The summed E-state index contributed by atoms with van der Waals surface area (Å²) in [6.45, 7) is 5.01. The second kappa shape index (κ2) is 13.0. The van der Waals surface area contributed by atoms with Crippen molar-refractivity contribution in [2.75, 3.05) is 25.5 Å². The molecule has 3 aliphatic rings. The van der Waals surface area contributed by atoms with Gasteiger partial charge in [-0.3, -0.25) is 19.1 Å². The number of rotatable bonds is 4. The van der Waals surface area contributed by atoms with E-state index in [0.717, 1.165) is 55.5 Å². The van der Waals surface area contributed by atoms with Gasteiger partial charge in [0.2, 0.25) is 11.8 Å². The first-order chi connectivity index (χ1) is 23.1. The molecule has 1 spiro atoms. The minimum absolute atomic E-state index is 0.0438. The van der Waals surface area contributed by atoms with E-state index in [4.69, 9.17) is 0 Å². The van der Waals surface area contributed by atoms with Crippen LogP contribution in [0.15, 0.2) is 59.5 Å². The SMILES string of the molecule is CC(=O)c1nn(CC(=O)N2C3C[C@]34C[C@H]2C(=O)Nc2nc(Br)ccc2C/C=C/CCCCN(C)C4)c2ccc(-c3cnc(C)nc3)cc12. The van der Waals surface area contributed by atoms with E-state index in [9.17, 15) is 14.4 Å². The number of piperidine rings is 1. The van der Waals surface area contributed by atoms with Gasteiger partial charge in [0.1, 0.15) is 34.5 Å². The summed E-state index contributed by atoms with van der Waals surface area (Å²) in [7, 11) is 2.14. The molecule has 7 rings (SSSR count). The molecular weight excluding hydrogens is 672 g/mol. The fraction of sp³-hybridized carbons (Fsp3) is 0.417. The molecule has 2 amide bonds. The normalized spacial score (nSPS) is 23.8. The quantitative estimate of drug-likeness (QED) is 0.170. The van der Waals surface area contributed by atoms with E-state index >= 15 is 0 Å². The molecule has 3 atom stereocenters. The molecule has 1 N–H and O–H groups in total. The van der Waals surface area contributed by atoms with Gasteiger partial charge < -0.3 is 15.1 Å². The molecule has 1 aromatic carbocycles. The molecule has 11 nitrogen and oxygen atoms in total. The molecule has 1 unspecified atom stereocenters. The number of anilines is 1. The van der Waals surface area contributed by atoms with Gasteiger partial charge in [-0.25, -0.2) is 15.0 Å². The number of pyridine rings is 1. The van der Waals surface area contributed by atoms with Crippen LogP contribution in [0.1, 0.15) is 60.9 Å². The molecule has 2 aliphatic heterocycles. The lowest BCUT2D eigenvalue weighted by atomic mass is 9.98. The number of halogens is 1. The summed E-state index contributed by atoms with van der Waals surface area (Å²) in [6.07, 6.45) is 13.1. The van der Waals surface area contributed by atoms with Crippen molar-refractivity contribution in [2.24, 2.45) is 5.41 Å². The van der Waals surface area contributed by atoms with Crippen LogP contribution in [0, 0.1) is 12.3 Å². The van der Waals surface area contributed by atoms with Crippen LogP contribution >= 0.6 is 15.9 Å². The van der Waals surface area contributed by atoms with E-state index < -0.39 is 6.04 Å². The lowest BCUT2D eigenvalue weighted by Gasteiger charge is -2.27. The molecule has 3 aromatic heterocycles. The number of allylic oxidation sites excluding steroid dienone is 2. The Hall–Kier alpha value is -4.29. The van der Waals surface area contributed by atoms with Gasteiger partial charge in [0.05, 0.1) is 5.52 Å². The largest absolute Gasteiger partial charge is 0.325 e. The van der Waals surface area contributed by atoms with E-state index in [1.807, 2.05) is 37.3 Å². The van der Waals surface area contributed by atoms with Crippen molar-refractivity contribution in [2.45, 2.75) is 71.0 Å². The molecule has 48 heavy (non-hydrogen) atoms. The minimum Gasteiger partial charge on any atom is -0.325 e. The van der Waals surface area contributed by atoms with E-state index in [1.165, 1.54) is 6.92 Å². The second-order valence-electron chi connectivity index (χ2n) is 13.5. The number of likely N-dealkylation sites (tertiary alicyclic amines) is 1. The zero-order valence-corrected chi connectivity index (χ0v) is 29.0. The number of Topliss-reactive ketones (excluding diaryl/α,β-unsaturated/α-hetero) is 1. The lowest BCUT2D eigenvalue weighted by molar-refractivity contribution is -0.138. The zero-order chi connectivity index (χ0) is 33.6. The predicted octanol–water partition coefficient (Wildman–Crippen LogP) is 5.37. The van der Waals surface area contributed by atoms with Gasteiger partial charge in [0.25, 0.3) is 0 Å². The summed E-state index contributed by atoms with van der Waals surface area (Å²) in [5, 5.41) is 8.37. The number of carbonyl (C=O) groups is 3. The van der Waals surface area contributed by atoms with Crippen LogP contribution in [0.4, 0.5) is 5.82 Å². The zero-order valence-electron chi connectivity index (χ0n) is 27.4. The summed E-state index contributed by atoms with van der Waals surface area (Å²) in [5.41, 5.74) is 3.42. The number of hydrogen-bond donors (Lipinski definition) is 1. The van der Waals surface area contributed by atoms with Gasteiger partial charge in [0.15, 0.2) is 5.78 Å². The van der Waals surface area contributed by atoms with Crippen LogP contribution in [0.3, 0.4) is 0 Å². The number of fused-ring (bicyclic) bond motifs is 3. The number of amides is 2. The summed E-state index contributed by atoms with van der Waals surface area (Å²) >= 11 is 3.46. The third-order valence-corrected chi connectivity index (χ3v) is 10.4. The number of benzene rings is 1. The molecule has 1 saturated heterocycles. The van der Waals surface area contributed by atoms with Crippen molar-refractivity contribution in [3.8, 4) is 11.1 Å². The first-order valence-corrected chi connectivity index (χ1v) is 17.3. The van der Waals surface area contributed by atoms with Crippen molar-refractivity contribution in [3.63, 3.8) is 0 Å². The number of aromatic nitrogens is 5. The average Bonchev–Trinajstić information content (AvgIpc) is 3.45. The number of ketones is 1. The maximum atomic E-state index is 14.3. The Morgan fingerprint density at radius 1 is 1.06 bits per heavy atom. The van der Waals surface area contributed by atoms with Crippen LogP contribution in [0.25, 0.3) is 22.0 Å². The lowest BCUT2D eigenvalue weighted by Crippen LogP contribution is -2.47. The summed E-state index contributed by atoms with van der Waals surface area (Å²) in [4.78, 5) is 58.5. The molecule has 248 valence electrons. The van der Waals surface area contributed by atoms with E-state index in [2.05, 4.69) is 65.4 Å². The number of nitrogens with one attached hydrogen (secondary N) is 1. The second-order valence-corrected chi connectivity index (χ2v) is 14.3. The standard InChI is InChI=1S/C36H39BrN8O3/c1-22(46)33-27-15-25(26-18-38-23(2)39-19-26)10-12-28(27)44(42-33)20-32(47)45-29-16-36(17-30(36)45)21-43(3)14-8-6-4-5-7-9-24-11-13-31(37)40-34(24)41-35(29)48/h5,7,10-13,15,18-19,29-30H,4,6,8-9,14,16-17,20-21H2,1-3H3,(H,40,41,48)/b7-5+/t29-,30?,36-/m0/s1. The molecule has 1 saturated carbocycles. The fourth-order valence-corrected chi connectivity index (χ4v) is 7.77. The Bertz CT molecular complexity index is 1940. The Balaban J connectivity index is 1.20. The predicted molar refractivity (Wildman–Crippen MR) is 186 cm³/mol. The highest BCUT2D eigenvalue weighted by Gasteiger charge is 2.67. The first kappa shape index (κ1) is 32.3. The highest BCUT2D eigenvalue weighted by molar-refractivity contribution is 9.10. The van der Waals surface area contributed by atoms with Gasteiger partial charge in [0, 0.05) is 48.3 Å². The van der Waals surface area contributed by atoms with E-state index in [1.54, 1.807) is 22.0 Å². The number of aryl methyl sites for hydroxylation is 1. The monoisotopic (exact) mass is 710 g/mol. The van der Waals surface area contributed by atoms with Crippen molar-refractivity contribution in [1.82, 2.24) is 34.5 Å². The van der Waals surface area contributed by atoms with Crippen molar-refractivity contribution in [1.29, 1.82) is 0 Å². The summed E-state index contributed by atoms with van der Waals surface area (Å²) in [5.74, 6) is 0.554. The van der Waals surface area contributed by atoms with Crippen molar-refractivity contribution < 1.29 is 14.4 Å². The smallest absolute Gasteiger partial charge is 0.248 e. The molecule has 2 bridgehead atoms. The molecule has 4 aromatic rings. The number of nitrogens with zero attached hydrogens (tertiary/aromatic N) is 7. The van der Waals surface area contributed by atoms with E-state index in [0.29, 0.717) is 45.7 Å². The minimum atomic E-state index is -0.649. The Morgan fingerprint density at radius 2 is 1.88 bits per heavy atom. The van der Waals surface area contributed by atoms with Crippen molar-refractivity contribution in [3.05, 3.63) is 76.6 Å².